The van der Waals surface area contributed by atoms with E-state index < -0.39 is 43.5 Å². The van der Waals surface area contributed by atoms with E-state index in [9.17, 15) is 31.3 Å². The molecule has 0 aliphatic carbocycles. The zero-order valence-corrected chi connectivity index (χ0v) is 24.3. The standard InChI is InChI=1S/C23H19F2N3O8S2.Na.H/c1-34-19-8-9-26-17(20(19)35-2)12-37(31)23-27-16-7-6-14(36-22(24)25)11-18(16)28(23)38(32,33)15-5-3-4-13(10-15)21(29)30;;/h3-11,22H,12H2,1-2H3,(H,29,30);;/q;+1;-1. The minimum Gasteiger partial charge on any atom is -1.00 e. The van der Waals surface area contributed by atoms with E-state index in [0.717, 1.165) is 24.3 Å². The molecule has 2 aromatic carbocycles. The van der Waals surface area contributed by atoms with Crippen molar-refractivity contribution in [3.8, 4) is 17.2 Å². The normalized spacial score (nSPS) is 12.1. The predicted molar refractivity (Wildman–Crippen MR) is 131 cm³/mol. The SMILES string of the molecule is COc1ccnc(CS(=O)c2nc3ccc(OC(F)F)cc3n2S(=O)(=O)c2cccc(C(=O)O)c2)c1OC.[H-].[Na+]. The molecule has 16 heteroatoms. The maximum atomic E-state index is 13.8. The van der Waals surface area contributed by atoms with Gasteiger partial charge < -0.3 is 20.7 Å². The van der Waals surface area contributed by atoms with Crippen LogP contribution in [0.25, 0.3) is 11.0 Å². The molecule has 1 atom stereocenters. The molecule has 1 N–H and O–H groups in total. The molecule has 0 spiro atoms. The molecule has 4 rings (SSSR count). The van der Waals surface area contributed by atoms with Crippen LogP contribution in [0.15, 0.2) is 64.8 Å². The third-order valence-corrected chi connectivity index (χ3v) is 8.27. The number of rotatable bonds is 10. The zero-order chi connectivity index (χ0) is 27.6. The number of fused-ring (bicyclic) bond motifs is 1. The summed E-state index contributed by atoms with van der Waals surface area (Å²) in [6, 6.07) is 9.41. The Morgan fingerprint density at radius 3 is 2.54 bits per heavy atom. The Labute approximate surface area is 247 Å². The molecule has 0 radical (unpaired) electrons. The van der Waals surface area contributed by atoms with Gasteiger partial charge in [-0.3, -0.25) is 9.19 Å². The number of carboxylic acids is 1. The van der Waals surface area contributed by atoms with Gasteiger partial charge in [-0.25, -0.2) is 22.2 Å². The van der Waals surface area contributed by atoms with Crippen molar-refractivity contribution in [2.24, 2.45) is 0 Å². The van der Waals surface area contributed by atoms with Gasteiger partial charge in [0.2, 0.25) is 5.16 Å². The molecular weight excluding hydrogens is 571 g/mol. The molecule has 0 amide bonds. The molecule has 11 nitrogen and oxygen atoms in total. The van der Waals surface area contributed by atoms with Crippen LogP contribution in [0.1, 0.15) is 17.5 Å². The number of methoxy groups -OCH3 is 2. The van der Waals surface area contributed by atoms with E-state index in [0.29, 0.717) is 9.72 Å². The summed E-state index contributed by atoms with van der Waals surface area (Å²) in [4.78, 5) is 19.3. The third kappa shape index (κ3) is 6.22. The molecular formula is C23H20F2N3NaO8S2. The van der Waals surface area contributed by atoms with Gasteiger partial charge in [0, 0.05) is 18.3 Å². The van der Waals surface area contributed by atoms with Gasteiger partial charge in [0.25, 0.3) is 10.0 Å². The molecule has 0 saturated heterocycles. The second-order valence-corrected chi connectivity index (χ2v) is 10.6. The van der Waals surface area contributed by atoms with Crippen molar-refractivity contribution in [1.82, 2.24) is 13.9 Å². The van der Waals surface area contributed by atoms with Crippen molar-refractivity contribution in [2.45, 2.75) is 22.4 Å². The van der Waals surface area contributed by atoms with Crippen molar-refractivity contribution >= 4 is 37.8 Å². The minimum atomic E-state index is -4.64. The summed E-state index contributed by atoms with van der Waals surface area (Å²) in [6.07, 6.45) is 1.39. The Hall–Kier alpha value is -3.11. The van der Waals surface area contributed by atoms with Gasteiger partial charge in [0.05, 0.1) is 58.0 Å². The van der Waals surface area contributed by atoms with Crippen LogP contribution in [0.3, 0.4) is 0 Å². The number of ether oxygens (including phenoxy) is 3. The Balaban J connectivity index is 0.00000280. The Morgan fingerprint density at radius 2 is 1.90 bits per heavy atom. The van der Waals surface area contributed by atoms with Crippen LogP contribution in [0.4, 0.5) is 8.78 Å². The molecule has 0 saturated carbocycles. The largest absolute Gasteiger partial charge is 1.00 e. The van der Waals surface area contributed by atoms with Crippen LogP contribution in [0, 0.1) is 0 Å². The smallest absolute Gasteiger partial charge is 1.00 e. The molecule has 2 heterocycles. The van der Waals surface area contributed by atoms with Crippen LogP contribution >= 0.6 is 0 Å². The first-order chi connectivity index (χ1) is 18.1. The van der Waals surface area contributed by atoms with Crippen LogP contribution in [0.5, 0.6) is 17.2 Å². The molecule has 2 aromatic heterocycles. The van der Waals surface area contributed by atoms with E-state index in [4.69, 9.17) is 9.47 Å². The molecule has 39 heavy (non-hydrogen) atoms. The number of pyridine rings is 1. The first-order valence-corrected chi connectivity index (χ1v) is 13.3. The molecule has 0 aliphatic rings. The van der Waals surface area contributed by atoms with Gasteiger partial charge in [0.15, 0.2) is 11.5 Å². The predicted octanol–water partition coefficient (Wildman–Crippen LogP) is 0.409. The van der Waals surface area contributed by atoms with Crippen molar-refractivity contribution < 1.29 is 76.5 Å². The number of carbonyl (C=O) groups is 1. The maximum absolute atomic E-state index is 13.8. The van der Waals surface area contributed by atoms with Gasteiger partial charge in [-0.2, -0.15) is 8.78 Å². The second kappa shape index (κ2) is 12.4. The fraction of sp³-hybridized carbons (Fsp3) is 0.174. The number of hydrogen-bond donors (Lipinski definition) is 1. The molecule has 0 aliphatic heterocycles. The number of aromatic nitrogens is 3. The number of alkyl halides is 2. The Bertz CT molecular complexity index is 1670. The van der Waals surface area contributed by atoms with Crippen molar-refractivity contribution in [2.75, 3.05) is 14.2 Å². The molecule has 1 unspecified atom stereocenters. The van der Waals surface area contributed by atoms with Gasteiger partial charge in [-0.15, -0.1) is 0 Å². The number of hydrogen-bond acceptors (Lipinski definition) is 9. The number of halogens is 2. The summed E-state index contributed by atoms with van der Waals surface area (Å²) in [6.45, 7) is -3.19. The third-order valence-electron chi connectivity index (χ3n) is 5.24. The number of carboxylic acid groups (broad SMARTS) is 1. The summed E-state index contributed by atoms with van der Waals surface area (Å²) < 4.78 is 82.4. The summed E-state index contributed by atoms with van der Waals surface area (Å²) in [5.74, 6) is -1.61. The van der Waals surface area contributed by atoms with Crippen molar-refractivity contribution in [1.29, 1.82) is 0 Å². The summed E-state index contributed by atoms with van der Waals surface area (Å²) in [7, 11) is -4.07. The van der Waals surface area contributed by atoms with Gasteiger partial charge in [0.1, 0.15) is 5.75 Å². The number of benzene rings is 2. The average Bonchev–Trinajstić information content (AvgIpc) is 3.28. The van der Waals surface area contributed by atoms with E-state index in [2.05, 4.69) is 14.7 Å². The van der Waals surface area contributed by atoms with Crippen LogP contribution < -0.4 is 43.8 Å². The fourth-order valence-electron chi connectivity index (χ4n) is 3.60. The maximum Gasteiger partial charge on any atom is 1.00 e. The number of imidazole rings is 1. The van der Waals surface area contributed by atoms with Gasteiger partial charge >= 0.3 is 42.1 Å². The van der Waals surface area contributed by atoms with E-state index in [-0.39, 0.29) is 70.5 Å². The van der Waals surface area contributed by atoms with Gasteiger partial charge in [-0.1, -0.05) is 6.07 Å². The van der Waals surface area contributed by atoms with E-state index in [1.165, 1.54) is 44.7 Å². The van der Waals surface area contributed by atoms with Crippen molar-refractivity contribution in [3.05, 3.63) is 66.0 Å². The van der Waals surface area contributed by atoms with Crippen LogP contribution in [-0.4, -0.2) is 58.5 Å². The topological polar surface area (TPSA) is 147 Å². The monoisotopic (exact) mass is 591 g/mol. The number of nitrogens with zero attached hydrogens (tertiary/aromatic N) is 3. The van der Waals surface area contributed by atoms with E-state index >= 15 is 0 Å². The molecule has 0 fully saturated rings. The minimum absolute atomic E-state index is 0. The Morgan fingerprint density at radius 1 is 1.15 bits per heavy atom. The first-order valence-electron chi connectivity index (χ1n) is 10.6. The summed E-state index contributed by atoms with van der Waals surface area (Å²) >= 11 is 0. The summed E-state index contributed by atoms with van der Waals surface area (Å²) in [5.41, 5.74) is -0.336. The Kier molecular flexibility index (Phi) is 9.66. The van der Waals surface area contributed by atoms with Gasteiger partial charge in [-0.05, 0) is 30.3 Å². The van der Waals surface area contributed by atoms with E-state index in [1.807, 2.05) is 0 Å². The molecule has 4 aromatic rings. The van der Waals surface area contributed by atoms with Crippen LogP contribution in [0.2, 0.25) is 0 Å². The number of aromatic carboxylic acids is 1. The zero-order valence-electron chi connectivity index (χ0n) is 21.7. The second-order valence-electron chi connectivity index (χ2n) is 7.51. The quantitative estimate of drug-likeness (QED) is 0.257. The van der Waals surface area contributed by atoms with Crippen LogP contribution in [-0.2, 0) is 26.6 Å². The van der Waals surface area contributed by atoms with E-state index in [1.54, 1.807) is 0 Å². The molecule has 0 bridgehead atoms. The first kappa shape index (κ1) is 30.4. The summed E-state index contributed by atoms with van der Waals surface area (Å²) in [5, 5.41) is 8.86. The van der Waals surface area contributed by atoms with Crippen molar-refractivity contribution in [3.63, 3.8) is 0 Å². The molecule has 202 valence electrons. The fourth-order valence-corrected chi connectivity index (χ4v) is 6.60. The average molecular weight is 592 g/mol.